The highest BCUT2D eigenvalue weighted by molar-refractivity contribution is 5.86. The first kappa shape index (κ1) is 17.7. The van der Waals surface area contributed by atoms with Crippen molar-refractivity contribution < 1.29 is 9.53 Å². The fourth-order valence-electron chi connectivity index (χ4n) is 3.20. The summed E-state index contributed by atoms with van der Waals surface area (Å²) in [7, 11) is 1.92. The number of hydrogen-bond donors (Lipinski definition) is 0. The monoisotopic (exact) mass is 366 g/mol. The van der Waals surface area contributed by atoms with Crippen LogP contribution in [0.3, 0.4) is 0 Å². The first-order valence-electron chi connectivity index (χ1n) is 9.03. The number of fused-ring (bicyclic) bond motifs is 1. The zero-order valence-electron chi connectivity index (χ0n) is 15.6. The number of ether oxygens (including phenoxy) is 1. The van der Waals surface area contributed by atoms with Crippen LogP contribution in [-0.4, -0.2) is 68.3 Å². The fraction of sp³-hybridized carbons (Fsp3) is 0.421. The van der Waals surface area contributed by atoms with E-state index >= 15 is 0 Å². The van der Waals surface area contributed by atoms with Crippen LogP contribution >= 0.6 is 0 Å². The molecule has 0 spiro atoms. The van der Waals surface area contributed by atoms with Crippen LogP contribution in [0.25, 0.3) is 22.3 Å². The maximum Gasteiger partial charge on any atom is 0.182 e. The molecule has 4 rings (SSSR count). The molecule has 0 radical (unpaired) electrons. The number of aryl methyl sites for hydroxylation is 1. The first-order chi connectivity index (χ1) is 13.1. The minimum Gasteiger partial charge on any atom is -0.379 e. The molecular formula is C19H22N6O2. The minimum absolute atomic E-state index is 0.168. The Balaban J connectivity index is 1.53. The van der Waals surface area contributed by atoms with Gasteiger partial charge in [-0.25, -0.2) is 0 Å². The molecule has 3 aromatic rings. The van der Waals surface area contributed by atoms with Crippen LogP contribution in [0.1, 0.15) is 11.5 Å². The Morgan fingerprint density at radius 3 is 2.63 bits per heavy atom. The van der Waals surface area contributed by atoms with Gasteiger partial charge < -0.3 is 9.30 Å². The molecule has 1 fully saturated rings. The van der Waals surface area contributed by atoms with Crippen LogP contribution < -0.4 is 0 Å². The van der Waals surface area contributed by atoms with Crippen molar-refractivity contribution in [3.05, 3.63) is 36.0 Å². The lowest BCUT2D eigenvalue weighted by Crippen LogP contribution is -2.39. The van der Waals surface area contributed by atoms with Crippen LogP contribution in [0, 0.1) is 6.92 Å². The van der Waals surface area contributed by atoms with Gasteiger partial charge >= 0.3 is 0 Å². The Morgan fingerprint density at radius 1 is 1.11 bits per heavy atom. The predicted molar refractivity (Wildman–Crippen MR) is 100 cm³/mol. The van der Waals surface area contributed by atoms with Crippen molar-refractivity contribution in [2.45, 2.75) is 13.3 Å². The molecular weight excluding hydrogens is 344 g/mol. The van der Waals surface area contributed by atoms with Gasteiger partial charge in [0, 0.05) is 43.6 Å². The van der Waals surface area contributed by atoms with Crippen molar-refractivity contribution in [3.63, 3.8) is 0 Å². The van der Waals surface area contributed by atoms with Gasteiger partial charge in [0.2, 0.25) is 0 Å². The van der Waals surface area contributed by atoms with Gasteiger partial charge in [-0.15, -0.1) is 10.2 Å². The number of carbonyl (C=O) groups excluding carboxylic acids is 1. The van der Waals surface area contributed by atoms with Crippen molar-refractivity contribution in [1.29, 1.82) is 0 Å². The highest BCUT2D eigenvalue weighted by atomic mass is 16.5. The molecule has 0 unspecified atom stereocenters. The lowest BCUT2D eigenvalue weighted by atomic mass is 10.1. The first-order valence-corrected chi connectivity index (χ1v) is 9.03. The molecule has 0 bridgehead atoms. The van der Waals surface area contributed by atoms with E-state index in [0.29, 0.717) is 26.2 Å². The van der Waals surface area contributed by atoms with Gasteiger partial charge in [-0.05, 0) is 24.4 Å². The van der Waals surface area contributed by atoms with Crippen molar-refractivity contribution >= 4 is 16.6 Å². The molecule has 0 aliphatic carbocycles. The number of aromatic nitrogens is 5. The number of ketones is 1. The number of morpholine rings is 1. The van der Waals surface area contributed by atoms with Crippen LogP contribution in [0.5, 0.6) is 0 Å². The standard InChI is InChI=1S/C19H22N6O2/c1-13-22-23-19(24(13)2)18-8-14-7-16(20-10-15(14)11-21-18)9-17(26)12-25-3-5-27-6-4-25/h7-8,10-11H,3-6,9,12H2,1-2H3. The summed E-state index contributed by atoms with van der Waals surface area (Å²) in [4.78, 5) is 23.4. The van der Waals surface area contributed by atoms with Crippen LogP contribution in [-0.2, 0) is 23.0 Å². The number of rotatable bonds is 5. The Hall–Kier alpha value is -2.71. The van der Waals surface area contributed by atoms with E-state index < -0.39 is 0 Å². The summed E-state index contributed by atoms with van der Waals surface area (Å²) in [6, 6.07) is 3.93. The number of nitrogens with zero attached hydrogens (tertiary/aromatic N) is 6. The Bertz CT molecular complexity index is 977. The van der Waals surface area contributed by atoms with E-state index in [2.05, 4.69) is 25.1 Å². The molecule has 1 aliphatic heterocycles. The molecule has 8 heteroatoms. The van der Waals surface area contributed by atoms with Crippen LogP contribution in [0.4, 0.5) is 0 Å². The zero-order chi connectivity index (χ0) is 18.8. The summed E-state index contributed by atoms with van der Waals surface area (Å²) in [6.45, 7) is 5.35. The second kappa shape index (κ2) is 7.50. The van der Waals surface area contributed by atoms with E-state index in [4.69, 9.17) is 4.74 Å². The number of carbonyl (C=O) groups is 1. The fourth-order valence-corrected chi connectivity index (χ4v) is 3.20. The zero-order valence-corrected chi connectivity index (χ0v) is 15.6. The van der Waals surface area contributed by atoms with Crippen molar-refractivity contribution in [2.75, 3.05) is 32.8 Å². The van der Waals surface area contributed by atoms with E-state index in [1.165, 1.54) is 0 Å². The molecule has 0 atom stereocenters. The third-order valence-corrected chi connectivity index (χ3v) is 4.86. The molecule has 0 amide bonds. The van der Waals surface area contributed by atoms with Gasteiger partial charge in [0.1, 0.15) is 11.5 Å². The van der Waals surface area contributed by atoms with Crippen LogP contribution in [0.2, 0.25) is 0 Å². The van der Waals surface area contributed by atoms with Gasteiger partial charge in [0.25, 0.3) is 0 Å². The molecule has 27 heavy (non-hydrogen) atoms. The lowest BCUT2D eigenvalue weighted by Gasteiger charge is -2.25. The summed E-state index contributed by atoms with van der Waals surface area (Å²) in [6.07, 6.45) is 3.88. The molecule has 140 valence electrons. The highest BCUT2D eigenvalue weighted by Gasteiger charge is 2.15. The Morgan fingerprint density at radius 2 is 1.89 bits per heavy atom. The third-order valence-electron chi connectivity index (χ3n) is 4.86. The molecule has 4 heterocycles. The molecule has 1 aliphatic rings. The third kappa shape index (κ3) is 3.86. The number of pyridine rings is 2. The predicted octanol–water partition coefficient (Wildman–Crippen LogP) is 1.18. The molecule has 0 N–H and O–H groups in total. The van der Waals surface area contributed by atoms with E-state index in [0.717, 1.165) is 46.9 Å². The normalized spacial score (nSPS) is 15.3. The summed E-state index contributed by atoms with van der Waals surface area (Å²) in [5, 5.41) is 10.2. The summed E-state index contributed by atoms with van der Waals surface area (Å²) >= 11 is 0. The smallest absolute Gasteiger partial charge is 0.182 e. The summed E-state index contributed by atoms with van der Waals surface area (Å²) in [5.74, 6) is 1.72. The highest BCUT2D eigenvalue weighted by Crippen LogP contribution is 2.21. The summed E-state index contributed by atoms with van der Waals surface area (Å²) in [5.41, 5.74) is 1.52. The molecule has 0 saturated carbocycles. The molecule has 3 aromatic heterocycles. The van der Waals surface area contributed by atoms with Gasteiger partial charge in [0.05, 0.1) is 26.2 Å². The quantitative estimate of drug-likeness (QED) is 0.670. The van der Waals surface area contributed by atoms with Gasteiger partial charge in [-0.1, -0.05) is 0 Å². The van der Waals surface area contributed by atoms with Gasteiger partial charge in [-0.3, -0.25) is 19.7 Å². The topological polar surface area (TPSA) is 86.0 Å². The van der Waals surface area contributed by atoms with Crippen molar-refractivity contribution in [3.8, 4) is 11.5 Å². The maximum absolute atomic E-state index is 12.4. The van der Waals surface area contributed by atoms with Gasteiger partial charge in [0.15, 0.2) is 11.6 Å². The van der Waals surface area contributed by atoms with Crippen LogP contribution in [0.15, 0.2) is 24.5 Å². The van der Waals surface area contributed by atoms with E-state index in [1.807, 2.05) is 30.7 Å². The second-order valence-electron chi connectivity index (χ2n) is 6.83. The minimum atomic E-state index is 0.168. The van der Waals surface area contributed by atoms with Crippen molar-refractivity contribution in [1.82, 2.24) is 29.6 Å². The van der Waals surface area contributed by atoms with Gasteiger partial charge in [-0.2, -0.15) is 0 Å². The molecule has 0 aromatic carbocycles. The van der Waals surface area contributed by atoms with Crippen molar-refractivity contribution in [2.24, 2.45) is 7.05 Å². The average molecular weight is 366 g/mol. The molecule has 1 saturated heterocycles. The lowest BCUT2D eigenvalue weighted by molar-refractivity contribution is -0.120. The Labute approximate surface area is 157 Å². The number of Topliss-reactive ketones (excluding diaryl/α,β-unsaturated/α-hetero) is 1. The number of hydrogen-bond acceptors (Lipinski definition) is 7. The average Bonchev–Trinajstić information content (AvgIpc) is 3.01. The second-order valence-corrected chi connectivity index (χ2v) is 6.83. The van der Waals surface area contributed by atoms with E-state index in [9.17, 15) is 4.79 Å². The maximum atomic E-state index is 12.4. The van der Waals surface area contributed by atoms with E-state index in [-0.39, 0.29) is 5.78 Å². The summed E-state index contributed by atoms with van der Waals surface area (Å²) < 4.78 is 7.23. The molecule has 8 nitrogen and oxygen atoms in total. The Kier molecular flexibility index (Phi) is 4.91. The SMILES string of the molecule is Cc1nnc(-c2cc3cc(CC(=O)CN4CCOCC4)ncc3cn2)n1C. The largest absolute Gasteiger partial charge is 0.379 e. The van der Waals surface area contributed by atoms with E-state index in [1.54, 1.807) is 12.4 Å².